The van der Waals surface area contributed by atoms with Gasteiger partial charge in [-0.3, -0.25) is 0 Å². The summed E-state index contributed by atoms with van der Waals surface area (Å²) in [4.78, 5) is 2.29. The molecule has 1 aromatic carbocycles. The fourth-order valence-corrected chi connectivity index (χ4v) is 1.88. The van der Waals surface area contributed by atoms with E-state index in [-0.39, 0.29) is 16.7 Å². The summed E-state index contributed by atoms with van der Waals surface area (Å²) in [6.45, 7) is 2.46. The predicted molar refractivity (Wildman–Crippen MR) is 68.6 cm³/mol. The van der Waals surface area contributed by atoms with Crippen LogP contribution in [-0.2, 0) is 6.54 Å². The maximum Gasteiger partial charge on any atom is 0.446 e. The van der Waals surface area contributed by atoms with Crippen molar-refractivity contribution >= 4 is 11.8 Å². The van der Waals surface area contributed by atoms with E-state index in [4.69, 9.17) is 0 Å². The van der Waals surface area contributed by atoms with Crippen molar-refractivity contribution in [2.45, 2.75) is 16.9 Å². The second kappa shape index (κ2) is 7.01. The molecule has 1 rings (SSSR count). The molecule has 0 amide bonds. The smallest absolute Gasteiger partial charge is 0.311 e. The first-order chi connectivity index (χ1) is 8.37. The van der Waals surface area contributed by atoms with Crippen LogP contribution < -0.4 is 5.32 Å². The number of benzene rings is 1. The number of halogens is 3. The molecular weight excluding hydrogens is 261 g/mol. The lowest BCUT2D eigenvalue weighted by Gasteiger charge is -2.10. The Morgan fingerprint density at radius 1 is 1.17 bits per heavy atom. The third-order valence-corrected chi connectivity index (χ3v) is 2.96. The Labute approximate surface area is 110 Å². The van der Waals surface area contributed by atoms with Gasteiger partial charge in [-0.15, -0.1) is 0 Å². The van der Waals surface area contributed by atoms with Crippen molar-refractivity contribution in [2.75, 3.05) is 27.2 Å². The van der Waals surface area contributed by atoms with E-state index in [1.54, 1.807) is 12.1 Å². The maximum atomic E-state index is 12.1. The monoisotopic (exact) mass is 278 g/mol. The van der Waals surface area contributed by atoms with Gasteiger partial charge in [-0.2, -0.15) is 13.2 Å². The number of hydrogen-bond donors (Lipinski definition) is 1. The zero-order chi connectivity index (χ0) is 13.6. The molecule has 0 saturated heterocycles. The fraction of sp³-hybridized carbons (Fsp3) is 0.500. The lowest BCUT2D eigenvalue weighted by molar-refractivity contribution is -0.0328. The van der Waals surface area contributed by atoms with Crippen LogP contribution in [-0.4, -0.2) is 37.6 Å². The predicted octanol–water partition coefficient (Wildman–Crippen LogP) is 2.95. The third kappa shape index (κ3) is 6.88. The van der Waals surface area contributed by atoms with Crippen molar-refractivity contribution in [1.82, 2.24) is 10.2 Å². The van der Waals surface area contributed by atoms with Crippen LogP contribution in [0.5, 0.6) is 0 Å². The summed E-state index contributed by atoms with van der Waals surface area (Å²) in [6.07, 6.45) is 0. The van der Waals surface area contributed by atoms with E-state index in [0.29, 0.717) is 6.54 Å². The largest absolute Gasteiger partial charge is 0.446 e. The van der Waals surface area contributed by atoms with Gasteiger partial charge in [0.25, 0.3) is 0 Å². The first kappa shape index (κ1) is 15.3. The number of alkyl halides is 3. The molecule has 0 bridgehead atoms. The number of likely N-dealkylation sites (N-methyl/N-ethyl adjacent to an activating group) is 1. The molecule has 0 fully saturated rings. The lowest BCUT2D eigenvalue weighted by Crippen LogP contribution is -2.26. The van der Waals surface area contributed by atoms with Gasteiger partial charge in [0.2, 0.25) is 0 Å². The van der Waals surface area contributed by atoms with E-state index in [2.05, 4.69) is 10.2 Å². The maximum absolute atomic E-state index is 12.1. The summed E-state index contributed by atoms with van der Waals surface area (Å²) < 4.78 is 36.3. The molecule has 0 aliphatic rings. The van der Waals surface area contributed by atoms with Gasteiger partial charge in [0.1, 0.15) is 0 Å². The van der Waals surface area contributed by atoms with Crippen molar-refractivity contribution in [3.8, 4) is 0 Å². The Morgan fingerprint density at radius 2 is 1.78 bits per heavy atom. The average molecular weight is 278 g/mol. The second-order valence-electron chi connectivity index (χ2n) is 4.17. The van der Waals surface area contributed by atoms with Gasteiger partial charge in [0.05, 0.1) is 0 Å². The first-order valence-corrected chi connectivity index (χ1v) is 6.38. The topological polar surface area (TPSA) is 15.3 Å². The number of thioether (sulfide) groups is 1. The molecule has 0 aromatic heterocycles. The summed E-state index contributed by atoms with van der Waals surface area (Å²) in [5.74, 6) is 0. The SMILES string of the molecule is CN(C)CCNCc1ccc(SC(F)(F)F)cc1. The van der Waals surface area contributed by atoms with E-state index in [9.17, 15) is 13.2 Å². The first-order valence-electron chi connectivity index (χ1n) is 5.57. The highest BCUT2D eigenvalue weighted by Gasteiger charge is 2.28. The number of nitrogens with one attached hydrogen (secondary N) is 1. The number of nitrogens with zero attached hydrogens (tertiary/aromatic N) is 1. The number of rotatable bonds is 6. The lowest BCUT2D eigenvalue weighted by atomic mass is 10.2. The zero-order valence-electron chi connectivity index (χ0n) is 10.4. The molecule has 2 nitrogen and oxygen atoms in total. The van der Waals surface area contributed by atoms with Crippen LogP contribution in [0.25, 0.3) is 0 Å². The van der Waals surface area contributed by atoms with Gasteiger partial charge in [-0.1, -0.05) is 12.1 Å². The molecule has 18 heavy (non-hydrogen) atoms. The van der Waals surface area contributed by atoms with Crippen LogP contribution in [0.4, 0.5) is 13.2 Å². The minimum atomic E-state index is -4.22. The van der Waals surface area contributed by atoms with Crippen LogP contribution in [0.2, 0.25) is 0 Å². The Morgan fingerprint density at radius 3 is 2.28 bits per heavy atom. The van der Waals surface area contributed by atoms with E-state index in [1.807, 2.05) is 14.1 Å². The van der Waals surface area contributed by atoms with Crippen molar-refractivity contribution < 1.29 is 13.2 Å². The average Bonchev–Trinajstić information content (AvgIpc) is 2.24. The molecule has 0 heterocycles. The Hall–Kier alpha value is -0.720. The molecule has 6 heteroatoms. The summed E-state index contributed by atoms with van der Waals surface area (Å²) in [6, 6.07) is 6.44. The normalized spacial score (nSPS) is 12.1. The van der Waals surface area contributed by atoms with E-state index in [1.165, 1.54) is 12.1 Å². The van der Waals surface area contributed by atoms with Gasteiger partial charge in [0.15, 0.2) is 0 Å². The molecule has 0 saturated carbocycles. The minimum absolute atomic E-state index is 0.0854. The molecule has 0 aliphatic heterocycles. The van der Waals surface area contributed by atoms with Crippen molar-refractivity contribution in [3.63, 3.8) is 0 Å². The molecule has 0 spiro atoms. The van der Waals surface area contributed by atoms with Gasteiger partial charge in [0, 0.05) is 24.5 Å². The van der Waals surface area contributed by atoms with Gasteiger partial charge in [-0.05, 0) is 43.6 Å². The molecule has 1 aromatic rings. The molecule has 0 atom stereocenters. The Balaban J connectivity index is 2.36. The highest BCUT2D eigenvalue weighted by molar-refractivity contribution is 8.00. The Kier molecular flexibility index (Phi) is 5.98. The summed E-state index contributed by atoms with van der Waals surface area (Å²) >= 11 is -0.0854. The summed E-state index contributed by atoms with van der Waals surface area (Å²) in [5, 5.41) is 3.23. The Bertz CT molecular complexity index is 349. The molecule has 102 valence electrons. The van der Waals surface area contributed by atoms with Crippen molar-refractivity contribution in [1.29, 1.82) is 0 Å². The van der Waals surface area contributed by atoms with Gasteiger partial charge >= 0.3 is 5.51 Å². The zero-order valence-corrected chi connectivity index (χ0v) is 11.2. The summed E-state index contributed by atoms with van der Waals surface area (Å²) in [5.41, 5.74) is -3.23. The quantitative estimate of drug-likeness (QED) is 0.636. The highest BCUT2D eigenvalue weighted by Crippen LogP contribution is 2.36. The molecule has 0 aliphatic carbocycles. The molecule has 1 N–H and O–H groups in total. The van der Waals surface area contributed by atoms with E-state index >= 15 is 0 Å². The van der Waals surface area contributed by atoms with Gasteiger partial charge < -0.3 is 10.2 Å². The number of hydrogen-bond acceptors (Lipinski definition) is 3. The van der Waals surface area contributed by atoms with Crippen molar-refractivity contribution in [3.05, 3.63) is 29.8 Å². The molecular formula is C12H17F3N2S. The van der Waals surface area contributed by atoms with Crippen LogP contribution in [0, 0.1) is 0 Å². The summed E-state index contributed by atoms with van der Waals surface area (Å²) in [7, 11) is 3.98. The standard InChI is InChI=1S/C12H17F3N2S/c1-17(2)8-7-16-9-10-3-5-11(6-4-10)18-12(13,14)15/h3-6,16H,7-9H2,1-2H3. The third-order valence-electron chi connectivity index (χ3n) is 2.22. The molecule has 0 unspecified atom stereocenters. The van der Waals surface area contributed by atoms with Crippen LogP contribution in [0.3, 0.4) is 0 Å². The van der Waals surface area contributed by atoms with E-state index < -0.39 is 5.51 Å². The van der Waals surface area contributed by atoms with Crippen LogP contribution in [0.15, 0.2) is 29.2 Å². The van der Waals surface area contributed by atoms with E-state index in [0.717, 1.165) is 18.7 Å². The van der Waals surface area contributed by atoms with Crippen LogP contribution in [0.1, 0.15) is 5.56 Å². The fourth-order valence-electron chi connectivity index (χ4n) is 1.34. The van der Waals surface area contributed by atoms with Crippen LogP contribution >= 0.6 is 11.8 Å². The molecule has 0 radical (unpaired) electrons. The minimum Gasteiger partial charge on any atom is -0.311 e. The second-order valence-corrected chi connectivity index (χ2v) is 5.31. The van der Waals surface area contributed by atoms with Crippen molar-refractivity contribution in [2.24, 2.45) is 0 Å². The highest BCUT2D eigenvalue weighted by atomic mass is 32.2. The van der Waals surface area contributed by atoms with Gasteiger partial charge in [-0.25, -0.2) is 0 Å².